The maximum Gasteiger partial charge on any atom is 0.314 e. The smallest absolute Gasteiger partial charge is 0.314 e. The number of anilines is 2. The summed E-state index contributed by atoms with van der Waals surface area (Å²) in [6.07, 6.45) is 2.10. The topological polar surface area (TPSA) is 99.9 Å². The molecule has 2 heterocycles. The molecule has 2 N–H and O–H groups in total. The molecule has 0 unspecified atom stereocenters. The van der Waals surface area contributed by atoms with Gasteiger partial charge < -0.3 is 19.5 Å². The fourth-order valence-corrected chi connectivity index (χ4v) is 3.06. The van der Waals surface area contributed by atoms with E-state index in [2.05, 4.69) is 42.2 Å². The van der Waals surface area contributed by atoms with Gasteiger partial charge >= 0.3 is 11.8 Å². The molecular formula is C19H25N5O4. The minimum Gasteiger partial charge on any atom is -0.497 e. The van der Waals surface area contributed by atoms with Gasteiger partial charge in [-0.25, -0.2) is 0 Å². The van der Waals surface area contributed by atoms with Crippen LogP contribution in [0.2, 0.25) is 0 Å². The quantitative estimate of drug-likeness (QED) is 0.539. The number of rotatable bonds is 7. The highest BCUT2D eigenvalue weighted by Gasteiger charge is 2.18. The molecule has 1 aromatic heterocycles. The van der Waals surface area contributed by atoms with Crippen LogP contribution < -0.4 is 20.3 Å². The number of amides is 2. The number of methoxy groups -OCH3 is 1. The second-order valence-corrected chi connectivity index (χ2v) is 6.47. The van der Waals surface area contributed by atoms with Gasteiger partial charge in [0.1, 0.15) is 12.0 Å². The second kappa shape index (κ2) is 9.75. The molecule has 1 fully saturated rings. The van der Waals surface area contributed by atoms with Crippen molar-refractivity contribution in [2.24, 2.45) is 0 Å². The van der Waals surface area contributed by atoms with Gasteiger partial charge in [0.15, 0.2) is 5.82 Å². The zero-order valence-electron chi connectivity index (χ0n) is 15.9. The van der Waals surface area contributed by atoms with Crippen LogP contribution in [-0.4, -0.2) is 68.2 Å². The Kier molecular flexibility index (Phi) is 6.85. The summed E-state index contributed by atoms with van der Waals surface area (Å²) in [5.41, 5.74) is 1.20. The van der Waals surface area contributed by atoms with Crippen LogP contribution in [0.3, 0.4) is 0 Å². The molecule has 0 atom stereocenters. The molecule has 0 saturated carbocycles. The maximum atomic E-state index is 11.8. The van der Waals surface area contributed by atoms with E-state index in [1.165, 1.54) is 18.0 Å². The standard InChI is InChI=1S/C19H25N5O4/c1-27-16-5-3-15(4-6-16)24-12-10-23(11-13-24)9-2-8-20-18(25)19(26)21-17-7-14-28-22-17/h3-7,14H,2,8-13H2,1H3,(H,20,25)(H,21,22,26). The van der Waals surface area contributed by atoms with Gasteiger partial charge in [-0.15, -0.1) is 0 Å². The van der Waals surface area contributed by atoms with Crippen molar-refractivity contribution in [1.29, 1.82) is 0 Å². The van der Waals surface area contributed by atoms with Crippen molar-refractivity contribution in [2.45, 2.75) is 6.42 Å². The number of ether oxygens (including phenoxy) is 1. The predicted octanol–water partition coefficient (Wildman–Crippen LogP) is 0.950. The van der Waals surface area contributed by atoms with E-state index >= 15 is 0 Å². The average molecular weight is 387 g/mol. The highest BCUT2D eigenvalue weighted by atomic mass is 16.5. The molecular weight excluding hydrogens is 362 g/mol. The van der Waals surface area contributed by atoms with E-state index in [4.69, 9.17) is 4.74 Å². The number of nitrogens with one attached hydrogen (secondary N) is 2. The number of piperazine rings is 1. The van der Waals surface area contributed by atoms with E-state index in [1.54, 1.807) is 7.11 Å². The Morgan fingerprint density at radius 1 is 1.11 bits per heavy atom. The summed E-state index contributed by atoms with van der Waals surface area (Å²) in [7, 11) is 1.67. The van der Waals surface area contributed by atoms with Crippen molar-refractivity contribution in [2.75, 3.05) is 56.6 Å². The van der Waals surface area contributed by atoms with Crippen molar-refractivity contribution < 1.29 is 18.8 Å². The van der Waals surface area contributed by atoms with Crippen molar-refractivity contribution >= 4 is 23.3 Å². The minimum atomic E-state index is -0.748. The molecule has 0 aliphatic carbocycles. The van der Waals surface area contributed by atoms with Crippen molar-refractivity contribution in [3.05, 3.63) is 36.6 Å². The normalized spacial score (nSPS) is 14.5. The summed E-state index contributed by atoms with van der Waals surface area (Å²) >= 11 is 0. The van der Waals surface area contributed by atoms with Gasteiger partial charge in [0.25, 0.3) is 0 Å². The van der Waals surface area contributed by atoms with E-state index < -0.39 is 11.8 Å². The van der Waals surface area contributed by atoms with Crippen LogP contribution in [0.15, 0.2) is 41.1 Å². The Balaban J connectivity index is 1.31. The summed E-state index contributed by atoms with van der Waals surface area (Å²) < 4.78 is 9.79. The van der Waals surface area contributed by atoms with Gasteiger partial charge in [0, 0.05) is 44.5 Å². The molecule has 0 spiro atoms. The first-order valence-corrected chi connectivity index (χ1v) is 9.26. The number of aromatic nitrogens is 1. The Morgan fingerprint density at radius 2 is 1.86 bits per heavy atom. The van der Waals surface area contributed by atoms with Crippen LogP contribution in [0.25, 0.3) is 0 Å². The predicted molar refractivity (Wildman–Crippen MR) is 104 cm³/mol. The molecule has 9 heteroatoms. The highest BCUT2D eigenvalue weighted by molar-refractivity contribution is 6.39. The van der Waals surface area contributed by atoms with Crippen molar-refractivity contribution in [3.63, 3.8) is 0 Å². The van der Waals surface area contributed by atoms with Gasteiger partial charge in [-0.1, -0.05) is 5.16 Å². The lowest BCUT2D eigenvalue weighted by Crippen LogP contribution is -2.47. The van der Waals surface area contributed by atoms with E-state index in [1.807, 2.05) is 12.1 Å². The first kappa shape index (κ1) is 19.7. The number of hydrogen-bond donors (Lipinski definition) is 2. The van der Waals surface area contributed by atoms with Crippen LogP contribution in [-0.2, 0) is 9.59 Å². The molecule has 9 nitrogen and oxygen atoms in total. The summed E-state index contributed by atoms with van der Waals surface area (Å²) in [5.74, 6) is -0.344. The number of nitrogens with zero attached hydrogens (tertiary/aromatic N) is 3. The molecule has 0 radical (unpaired) electrons. The Morgan fingerprint density at radius 3 is 2.50 bits per heavy atom. The molecule has 2 amide bonds. The van der Waals surface area contributed by atoms with E-state index in [-0.39, 0.29) is 5.82 Å². The average Bonchev–Trinajstić information content (AvgIpc) is 3.24. The van der Waals surface area contributed by atoms with Gasteiger partial charge in [-0.2, -0.15) is 0 Å². The number of carbonyl (C=O) groups is 2. The van der Waals surface area contributed by atoms with E-state index in [0.29, 0.717) is 6.54 Å². The molecule has 3 rings (SSSR count). The molecule has 150 valence electrons. The number of carbonyl (C=O) groups excluding carboxylic acids is 2. The van der Waals surface area contributed by atoms with Gasteiger partial charge in [0.2, 0.25) is 0 Å². The first-order chi connectivity index (χ1) is 13.7. The van der Waals surface area contributed by atoms with E-state index in [0.717, 1.165) is 44.9 Å². The lowest BCUT2D eigenvalue weighted by Gasteiger charge is -2.36. The fraction of sp³-hybridized carbons (Fsp3) is 0.421. The molecule has 1 aromatic carbocycles. The van der Waals surface area contributed by atoms with Crippen LogP contribution in [0.5, 0.6) is 5.75 Å². The molecule has 1 aliphatic rings. The zero-order chi connectivity index (χ0) is 19.8. The molecule has 2 aromatic rings. The fourth-order valence-electron chi connectivity index (χ4n) is 3.06. The van der Waals surface area contributed by atoms with Crippen LogP contribution in [0.1, 0.15) is 6.42 Å². The van der Waals surface area contributed by atoms with Crippen molar-refractivity contribution in [3.8, 4) is 5.75 Å². The number of benzene rings is 1. The number of hydrogen-bond acceptors (Lipinski definition) is 7. The highest BCUT2D eigenvalue weighted by Crippen LogP contribution is 2.20. The summed E-state index contributed by atoms with van der Waals surface area (Å²) in [6, 6.07) is 9.57. The third-order valence-electron chi connectivity index (χ3n) is 4.63. The lowest BCUT2D eigenvalue weighted by atomic mass is 10.2. The third kappa shape index (κ3) is 5.46. The van der Waals surface area contributed by atoms with Gasteiger partial charge in [-0.3, -0.25) is 19.8 Å². The SMILES string of the molecule is COc1ccc(N2CCN(CCCNC(=O)C(=O)Nc3ccon3)CC2)cc1. The van der Waals surface area contributed by atoms with Gasteiger partial charge in [0.05, 0.1) is 7.11 Å². The molecule has 1 saturated heterocycles. The molecule has 0 bridgehead atoms. The third-order valence-corrected chi connectivity index (χ3v) is 4.63. The second-order valence-electron chi connectivity index (χ2n) is 6.47. The lowest BCUT2D eigenvalue weighted by molar-refractivity contribution is -0.136. The minimum absolute atomic E-state index is 0.217. The largest absolute Gasteiger partial charge is 0.497 e. The Hall–Kier alpha value is -3.07. The van der Waals surface area contributed by atoms with Crippen LogP contribution in [0.4, 0.5) is 11.5 Å². The summed E-state index contributed by atoms with van der Waals surface area (Å²) in [4.78, 5) is 28.2. The Labute approximate surface area is 163 Å². The first-order valence-electron chi connectivity index (χ1n) is 9.26. The molecule has 1 aliphatic heterocycles. The molecule has 28 heavy (non-hydrogen) atoms. The van der Waals surface area contributed by atoms with E-state index in [9.17, 15) is 9.59 Å². The van der Waals surface area contributed by atoms with Crippen LogP contribution >= 0.6 is 0 Å². The summed E-state index contributed by atoms with van der Waals surface area (Å²) in [5, 5.41) is 8.51. The Bertz CT molecular complexity index is 755. The van der Waals surface area contributed by atoms with Crippen LogP contribution in [0, 0.1) is 0 Å². The van der Waals surface area contributed by atoms with Crippen molar-refractivity contribution in [1.82, 2.24) is 15.4 Å². The maximum absolute atomic E-state index is 11.8. The zero-order valence-corrected chi connectivity index (χ0v) is 15.9. The van der Waals surface area contributed by atoms with Gasteiger partial charge in [-0.05, 0) is 37.2 Å². The summed E-state index contributed by atoms with van der Waals surface area (Å²) in [6.45, 7) is 5.17. The monoisotopic (exact) mass is 387 g/mol.